The van der Waals surface area contributed by atoms with Gasteiger partial charge in [-0.2, -0.15) is 0 Å². The predicted molar refractivity (Wildman–Crippen MR) is 192 cm³/mol. The molecular formula is C39H45N7O4. The van der Waals surface area contributed by atoms with Crippen molar-refractivity contribution >= 4 is 40.8 Å². The number of carbonyl (C=O) groups is 3. The Hall–Kier alpha value is -4.87. The Bertz CT molecular complexity index is 1850. The largest absolute Gasteiger partial charge is 0.385 e. The lowest BCUT2D eigenvalue weighted by Gasteiger charge is -2.39. The van der Waals surface area contributed by atoms with Crippen LogP contribution in [0.5, 0.6) is 0 Å². The van der Waals surface area contributed by atoms with Crippen molar-refractivity contribution in [2.75, 3.05) is 36.4 Å². The van der Waals surface area contributed by atoms with Gasteiger partial charge < -0.3 is 20.2 Å². The van der Waals surface area contributed by atoms with Gasteiger partial charge in [0.2, 0.25) is 24.2 Å². The van der Waals surface area contributed by atoms with E-state index in [1.165, 1.54) is 16.2 Å². The maximum absolute atomic E-state index is 12.4. The number of aryl methyl sites for hydroxylation is 1. The fourth-order valence-corrected chi connectivity index (χ4v) is 7.49. The zero-order valence-electron chi connectivity index (χ0n) is 28.6. The van der Waals surface area contributed by atoms with Crippen LogP contribution in [0.25, 0.3) is 10.9 Å². The minimum Gasteiger partial charge on any atom is -0.385 e. The third kappa shape index (κ3) is 7.49. The highest BCUT2D eigenvalue weighted by Gasteiger charge is 2.35. The second-order valence-corrected chi connectivity index (χ2v) is 14.0. The van der Waals surface area contributed by atoms with Gasteiger partial charge >= 0.3 is 0 Å². The summed E-state index contributed by atoms with van der Waals surface area (Å²) in [5.41, 5.74) is 5.18. The molecule has 3 saturated heterocycles. The fraction of sp³-hybridized carbons (Fsp3) is 0.410. The molecule has 3 fully saturated rings. The maximum Gasteiger partial charge on any atom is 0.249 e. The van der Waals surface area contributed by atoms with Gasteiger partial charge in [-0.3, -0.25) is 24.6 Å². The lowest BCUT2D eigenvalue weighted by atomic mass is 9.83. The first kappa shape index (κ1) is 33.6. The summed E-state index contributed by atoms with van der Waals surface area (Å²) in [6.45, 7) is 6.50. The molecule has 3 aromatic carbocycles. The van der Waals surface area contributed by atoms with Crippen LogP contribution in [0.4, 0.5) is 11.6 Å². The van der Waals surface area contributed by atoms with Crippen molar-refractivity contribution in [1.29, 1.82) is 0 Å². The Morgan fingerprint density at radius 2 is 1.76 bits per heavy atom. The number of hydrogen-bond acceptors (Lipinski definition) is 9. The second kappa shape index (κ2) is 14.5. The van der Waals surface area contributed by atoms with E-state index in [0.717, 1.165) is 73.2 Å². The Labute approximate surface area is 292 Å². The van der Waals surface area contributed by atoms with Crippen LogP contribution in [0.2, 0.25) is 0 Å². The van der Waals surface area contributed by atoms with Gasteiger partial charge in [-0.1, -0.05) is 48.5 Å². The predicted octanol–water partition coefficient (Wildman–Crippen LogP) is 4.27. The monoisotopic (exact) mass is 675 g/mol. The number of rotatable bonds is 10. The third-order valence-electron chi connectivity index (χ3n) is 10.7. The van der Waals surface area contributed by atoms with Crippen molar-refractivity contribution in [2.24, 2.45) is 0 Å². The summed E-state index contributed by atoms with van der Waals surface area (Å²) in [7, 11) is 0. The zero-order chi connectivity index (χ0) is 34.7. The minimum absolute atomic E-state index is 0.210. The summed E-state index contributed by atoms with van der Waals surface area (Å²) in [4.78, 5) is 51.5. The Morgan fingerprint density at radius 1 is 1.00 bits per heavy atom. The third-order valence-corrected chi connectivity index (χ3v) is 10.7. The first-order chi connectivity index (χ1) is 24.3. The quantitative estimate of drug-likeness (QED) is 0.167. The maximum atomic E-state index is 12.4. The average molecular weight is 676 g/mol. The van der Waals surface area contributed by atoms with Crippen molar-refractivity contribution in [1.82, 2.24) is 25.1 Å². The number of imide groups is 1. The minimum atomic E-state index is -0.967. The number of aromatic nitrogens is 2. The van der Waals surface area contributed by atoms with Crippen LogP contribution >= 0.6 is 0 Å². The molecule has 11 nitrogen and oxygen atoms in total. The van der Waals surface area contributed by atoms with Crippen LogP contribution in [-0.4, -0.2) is 81.4 Å². The van der Waals surface area contributed by atoms with Crippen molar-refractivity contribution < 1.29 is 19.5 Å². The molecule has 1 atom stereocenters. The lowest BCUT2D eigenvalue weighted by molar-refractivity contribution is -0.141. The molecule has 4 heterocycles. The number of aliphatic hydroxyl groups is 1. The number of amides is 3. The molecule has 3 amide bonds. The van der Waals surface area contributed by atoms with E-state index in [9.17, 15) is 19.5 Å². The molecular weight excluding hydrogens is 630 g/mol. The number of likely N-dealkylation sites (tertiary alicyclic amines) is 1. The van der Waals surface area contributed by atoms with Gasteiger partial charge in [-0.15, -0.1) is 0 Å². The molecule has 3 aliphatic heterocycles. The van der Waals surface area contributed by atoms with Gasteiger partial charge in [0, 0.05) is 69.0 Å². The van der Waals surface area contributed by atoms with Crippen molar-refractivity contribution in [3.05, 3.63) is 95.2 Å². The standard InChI is InChI=1S/C39H45N7O4/c1-27-6-9-31(22-30(27)25-46(26-47)35-12-13-36(48)43-37(35)49)39(50)16-20-44(21-17-39)24-28-7-10-33(11-8-28)45-18-14-32(15-19-45)41-38-40-23-29-4-2-3-5-34(29)42-38/h2-11,22-23,26,32,35,50H,12-21,24-25H2,1H3,(H,40,41,42)(H,43,48,49). The van der Waals surface area contributed by atoms with Gasteiger partial charge in [0.05, 0.1) is 11.1 Å². The second-order valence-electron chi connectivity index (χ2n) is 14.0. The molecule has 3 aliphatic rings. The summed E-state index contributed by atoms with van der Waals surface area (Å²) in [5.74, 6) is -0.0567. The van der Waals surface area contributed by atoms with Crippen LogP contribution in [-0.2, 0) is 33.1 Å². The van der Waals surface area contributed by atoms with Crippen molar-refractivity contribution in [2.45, 2.75) is 76.2 Å². The number of para-hydroxylation sites is 1. The number of nitrogens with zero attached hydrogens (tertiary/aromatic N) is 5. The van der Waals surface area contributed by atoms with E-state index in [4.69, 9.17) is 0 Å². The molecule has 4 aromatic rings. The number of nitrogens with one attached hydrogen (secondary N) is 2. The van der Waals surface area contributed by atoms with Crippen molar-refractivity contribution in [3.63, 3.8) is 0 Å². The van der Waals surface area contributed by atoms with Gasteiger partial charge in [0.15, 0.2) is 0 Å². The van der Waals surface area contributed by atoms with Crippen LogP contribution in [0.1, 0.15) is 60.8 Å². The number of carbonyl (C=O) groups excluding carboxylic acids is 3. The highest BCUT2D eigenvalue weighted by atomic mass is 16.3. The van der Waals surface area contributed by atoms with Gasteiger partial charge in [-0.25, -0.2) is 9.97 Å². The SMILES string of the molecule is Cc1ccc(C2(O)CCN(Cc3ccc(N4CCC(Nc5ncc6ccccc6n5)CC4)cc3)CC2)cc1CN(C=O)C1CCC(=O)NC1=O. The molecule has 0 aliphatic carbocycles. The van der Waals surface area contributed by atoms with E-state index in [2.05, 4.69) is 54.7 Å². The van der Waals surface area contributed by atoms with Crippen molar-refractivity contribution in [3.8, 4) is 0 Å². The molecule has 0 radical (unpaired) electrons. The number of hydrogen-bond donors (Lipinski definition) is 3. The molecule has 260 valence electrons. The molecule has 7 rings (SSSR count). The molecule has 3 N–H and O–H groups in total. The zero-order valence-corrected chi connectivity index (χ0v) is 28.6. The first-order valence-corrected chi connectivity index (χ1v) is 17.7. The topological polar surface area (TPSA) is 131 Å². The summed E-state index contributed by atoms with van der Waals surface area (Å²) in [6.07, 6.45) is 6.32. The highest BCUT2D eigenvalue weighted by Crippen LogP contribution is 2.35. The Balaban J connectivity index is 0.898. The normalized spacial score (nSPS) is 20.0. The molecule has 1 unspecified atom stereocenters. The van der Waals surface area contributed by atoms with Crippen LogP contribution in [0, 0.1) is 6.92 Å². The summed E-state index contributed by atoms with van der Waals surface area (Å²) < 4.78 is 0. The molecule has 11 heteroatoms. The van der Waals surface area contributed by atoms with Gasteiger partial charge in [0.25, 0.3) is 0 Å². The molecule has 0 spiro atoms. The summed E-state index contributed by atoms with van der Waals surface area (Å²) >= 11 is 0. The number of anilines is 2. The molecule has 50 heavy (non-hydrogen) atoms. The summed E-state index contributed by atoms with van der Waals surface area (Å²) in [5, 5.41) is 18.7. The van der Waals surface area contributed by atoms with Crippen LogP contribution < -0.4 is 15.5 Å². The first-order valence-electron chi connectivity index (χ1n) is 17.7. The Morgan fingerprint density at radius 3 is 2.50 bits per heavy atom. The van der Waals surface area contributed by atoms with E-state index in [0.29, 0.717) is 37.7 Å². The summed E-state index contributed by atoms with van der Waals surface area (Å²) in [6, 6.07) is 22.5. The molecule has 1 aromatic heterocycles. The van der Waals surface area contributed by atoms with E-state index in [1.54, 1.807) is 0 Å². The van der Waals surface area contributed by atoms with Crippen LogP contribution in [0.3, 0.4) is 0 Å². The smallest absolute Gasteiger partial charge is 0.249 e. The fourth-order valence-electron chi connectivity index (χ4n) is 7.49. The van der Waals surface area contributed by atoms with E-state index in [-0.39, 0.29) is 18.9 Å². The lowest BCUT2D eigenvalue weighted by Crippen LogP contribution is -2.51. The number of benzene rings is 3. The average Bonchev–Trinajstić information content (AvgIpc) is 3.13. The van der Waals surface area contributed by atoms with E-state index in [1.807, 2.05) is 55.6 Å². The number of fused-ring (bicyclic) bond motifs is 1. The number of piperidine rings is 3. The highest BCUT2D eigenvalue weighted by molar-refractivity contribution is 6.00. The van der Waals surface area contributed by atoms with Gasteiger partial charge in [-0.05, 0) is 79.5 Å². The van der Waals surface area contributed by atoms with Gasteiger partial charge in [0.1, 0.15) is 6.04 Å². The van der Waals surface area contributed by atoms with E-state index >= 15 is 0 Å². The molecule has 0 saturated carbocycles. The van der Waals surface area contributed by atoms with E-state index < -0.39 is 17.6 Å². The van der Waals surface area contributed by atoms with Crippen LogP contribution in [0.15, 0.2) is 72.9 Å². The molecule has 0 bridgehead atoms. The Kier molecular flexibility index (Phi) is 9.78.